The summed E-state index contributed by atoms with van der Waals surface area (Å²) in [5.74, 6) is -0.0413. The standard InChI is InChI=1S/C15H10Br3ClO/c16-10-7-5-9(6-8-10)13(17)14(18)15(20)11-3-1-2-4-12(11)19/h1-8,13-14H. The van der Waals surface area contributed by atoms with Crippen molar-refractivity contribution in [2.45, 2.75) is 9.65 Å². The van der Waals surface area contributed by atoms with Crippen molar-refractivity contribution in [2.24, 2.45) is 0 Å². The summed E-state index contributed by atoms with van der Waals surface area (Å²) >= 11 is 16.5. The van der Waals surface area contributed by atoms with E-state index < -0.39 is 0 Å². The van der Waals surface area contributed by atoms with E-state index in [9.17, 15) is 4.79 Å². The van der Waals surface area contributed by atoms with Gasteiger partial charge in [-0.2, -0.15) is 0 Å². The zero-order chi connectivity index (χ0) is 14.7. The van der Waals surface area contributed by atoms with Gasteiger partial charge in [0.25, 0.3) is 0 Å². The molecule has 0 aliphatic rings. The summed E-state index contributed by atoms with van der Waals surface area (Å²) in [7, 11) is 0. The van der Waals surface area contributed by atoms with Crippen LogP contribution in [0.5, 0.6) is 0 Å². The van der Waals surface area contributed by atoms with Crippen LogP contribution in [0.1, 0.15) is 20.7 Å². The van der Waals surface area contributed by atoms with E-state index >= 15 is 0 Å². The van der Waals surface area contributed by atoms with Crippen molar-refractivity contribution in [3.05, 3.63) is 69.2 Å². The van der Waals surface area contributed by atoms with E-state index in [1.807, 2.05) is 36.4 Å². The van der Waals surface area contributed by atoms with Crippen LogP contribution >= 0.6 is 59.4 Å². The number of ketones is 1. The van der Waals surface area contributed by atoms with Crippen molar-refractivity contribution in [2.75, 3.05) is 0 Å². The molecule has 0 bridgehead atoms. The number of halogens is 4. The van der Waals surface area contributed by atoms with Gasteiger partial charge in [-0.05, 0) is 29.8 Å². The fourth-order valence-electron chi connectivity index (χ4n) is 1.76. The quantitative estimate of drug-likeness (QED) is 0.376. The number of carbonyl (C=O) groups is 1. The van der Waals surface area contributed by atoms with Crippen LogP contribution < -0.4 is 0 Å². The summed E-state index contributed by atoms with van der Waals surface area (Å²) in [5, 5.41) is 0.470. The molecule has 0 saturated heterocycles. The predicted molar refractivity (Wildman–Crippen MR) is 94.3 cm³/mol. The first-order valence-electron chi connectivity index (χ1n) is 5.83. The molecule has 2 rings (SSSR count). The highest BCUT2D eigenvalue weighted by Gasteiger charge is 2.27. The van der Waals surface area contributed by atoms with Gasteiger partial charge in [-0.25, -0.2) is 0 Å². The van der Waals surface area contributed by atoms with E-state index in [0.717, 1.165) is 10.0 Å². The summed E-state index contributed by atoms with van der Waals surface area (Å²) in [6.45, 7) is 0. The Labute approximate surface area is 148 Å². The molecular formula is C15H10Br3ClO. The van der Waals surface area contributed by atoms with Crippen molar-refractivity contribution < 1.29 is 4.79 Å². The van der Waals surface area contributed by atoms with Crippen LogP contribution in [0, 0.1) is 0 Å². The van der Waals surface area contributed by atoms with Gasteiger partial charge >= 0.3 is 0 Å². The van der Waals surface area contributed by atoms with E-state index in [0.29, 0.717) is 10.6 Å². The number of hydrogen-bond donors (Lipinski definition) is 0. The molecule has 0 aliphatic carbocycles. The van der Waals surface area contributed by atoms with Crippen molar-refractivity contribution >= 4 is 65.2 Å². The molecular weight excluding hydrogens is 471 g/mol. The van der Waals surface area contributed by atoms with Gasteiger partial charge in [0.2, 0.25) is 0 Å². The Morgan fingerprint density at radius 1 is 1.00 bits per heavy atom. The van der Waals surface area contributed by atoms with Gasteiger partial charge in [0.05, 0.1) is 14.7 Å². The molecule has 2 atom stereocenters. The van der Waals surface area contributed by atoms with E-state index in [4.69, 9.17) is 11.6 Å². The summed E-state index contributed by atoms with van der Waals surface area (Å²) < 4.78 is 1.00. The molecule has 0 radical (unpaired) electrons. The zero-order valence-electron chi connectivity index (χ0n) is 10.2. The second kappa shape index (κ2) is 7.21. The molecule has 0 heterocycles. The molecule has 5 heteroatoms. The maximum atomic E-state index is 12.5. The van der Waals surface area contributed by atoms with E-state index in [1.54, 1.807) is 12.1 Å². The van der Waals surface area contributed by atoms with Crippen LogP contribution in [0.2, 0.25) is 5.02 Å². The summed E-state index contributed by atoms with van der Waals surface area (Å²) in [6, 6.07) is 14.9. The van der Waals surface area contributed by atoms with Gasteiger partial charge in [-0.1, -0.05) is 83.7 Å². The van der Waals surface area contributed by atoms with Gasteiger partial charge in [-0.3, -0.25) is 4.79 Å². The van der Waals surface area contributed by atoms with Crippen LogP contribution in [-0.4, -0.2) is 10.6 Å². The van der Waals surface area contributed by atoms with Crippen LogP contribution in [0.3, 0.4) is 0 Å². The Morgan fingerprint density at radius 3 is 2.20 bits per heavy atom. The highest BCUT2D eigenvalue weighted by Crippen LogP contribution is 2.34. The van der Waals surface area contributed by atoms with Crippen LogP contribution in [0.25, 0.3) is 0 Å². The van der Waals surface area contributed by atoms with Crippen molar-refractivity contribution in [1.29, 1.82) is 0 Å². The molecule has 0 spiro atoms. The molecule has 0 aliphatic heterocycles. The molecule has 104 valence electrons. The minimum absolute atomic E-state index is 0.0413. The highest BCUT2D eigenvalue weighted by atomic mass is 79.9. The Hall–Kier alpha value is -0.160. The fraction of sp³-hybridized carbons (Fsp3) is 0.133. The second-order valence-electron chi connectivity index (χ2n) is 4.20. The van der Waals surface area contributed by atoms with E-state index in [2.05, 4.69) is 47.8 Å². The topological polar surface area (TPSA) is 17.1 Å². The summed E-state index contributed by atoms with van der Waals surface area (Å²) in [5.41, 5.74) is 1.55. The van der Waals surface area contributed by atoms with Gasteiger partial charge in [0, 0.05) is 10.0 Å². The molecule has 2 unspecified atom stereocenters. The Morgan fingerprint density at radius 2 is 1.60 bits per heavy atom. The maximum absolute atomic E-state index is 12.5. The average Bonchev–Trinajstić information content (AvgIpc) is 2.46. The number of Topliss-reactive ketones (excluding diaryl/α,β-unsaturated/α-hetero) is 1. The predicted octanol–water partition coefficient (Wildman–Crippen LogP) is 6.18. The minimum atomic E-state index is -0.386. The lowest BCUT2D eigenvalue weighted by Crippen LogP contribution is -2.19. The van der Waals surface area contributed by atoms with Crippen molar-refractivity contribution in [1.82, 2.24) is 0 Å². The number of rotatable bonds is 4. The molecule has 0 aromatic heterocycles. The molecule has 0 fully saturated rings. The Bertz CT molecular complexity index is 613. The average molecular weight is 481 g/mol. The smallest absolute Gasteiger partial charge is 0.179 e. The molecule has 1 nitrogen and oxygen atoms in total. The lowest BCUT2D eigenvalue weighted by molar-refractivity contribution is 0.0991. The summed E-state index contributed by atoms with van der Waals surface area (Å²) in [6.07, 6.45) is 0. The lowest BCUT2D eigenvalue weighted by atomic mass is 10.0. The third kappa shape index (κ3) is 3.73. The highest BCUT2D eigenvalue weighted by molar-refractivity contribution is 9.12. The number of hydrogen-bond acceptors (Lipinski definition) is 1. The first kappa shape index (κ1) is 16.2. The van der Waals surface area contributed by atoms with Gasteiger partial charge in [0.15, 0.2) is 5.78 Å². The minimum Gasteiger partial charge on any atom is -0.293 e. The van der Waals surface area contributed by atoms with E-state index in [1.165, 1.54) is 0 Å². The third-order valence-electron chi connectivity index (χ3n) is 2.84. The van der Waals surface area contributed by atoms with Crippen molar-refractivity contribution in [3.63, 3.8) is 0 Å². The number of benzene rings is 2. The third-order valence-corrected chi connectivity index (χ3v) is 6.40. The molecule has 0 amide bonds. The molecule has 2 aromatic carbocycles. The van der Waals surface area contributed by atoms with Crippen molar-refractivity contribution in [3.8, 4) is 0 Å². The maximum Gasteiger partial charge on any atom is 0.179 e. The first-order chi connectivity index (χ1) is 9.50. The van der Waals surface area contributed by atoms with Gasteiger partial charge < -0.3 is 0 Å². The second-order valence-corrected chi connectivity index (χ2v) is 7.50. The SMILES string of the molecule is O=C(c1ccccc1Cl)C(Br)C(Br)c1ccc(Br)cc1. The lowest BCUT2D eigenvalue weighted by Gasteiger charge is -2.17. The van der Waals surface area contributed by atoms with Gasteiger partial charge in [-0.15, -0.1) is 0 Å². The Balaban J connectivity index is 2.22. The molecule has 0 N–H and O–H groups in total. The van der Waals surface area contributed by atoms with Crippen LogP contribution in [0.15, 0.2) is 53.0 Å². The Kier molecular flexibility index (Phi) is 5.84. The normalized spacial score (nSPS) is 13.8. The fourth-order valence-corrected chi connectivity index (χ4v) is 3.35. The zero-order valence-corrected chi connectivity index (χ0v) is 15.7. The van der Waals surface area contributed by atoms with E-state index in [-0.39, 0.29) is 15.4 Å². The molecule has 0 saturated carbocycles. The first-order valence-corrected chi connectivity index (χ1v) is 8.83. The summed E-state index contributed by atoms with van der Waals surface area (Å²) in [4.78, 5) is 12.0. The van der Waals surface area contributed by atoms with Crippen LogP contribution in [0.4, 0.5) is 0 Å². The molecule has 20 heavy (non-hydrogen) atoms. The number of alkyl halides is 2. The van der Waals surface area contributed by atoms with Crippen LogP contribution in [-0.2, 0) is 0 Å². The molecule has 2 aromatic rings. The van der Waals surface area contributed by atoms with Gasteiger partial charge in [0.1, 0.15) is 0 Å². The largest absolute Gasteiger partial charge is 0.293 e. The number of carbonyl (C=O) groups excluding carboxylic acids is 1. The monoisotopic (exact) mass is 478 g/mol.